The predicted octanol–water partition coefficient (Wildman–Crippen LogP) is 9.10. The van der Waals surface area contributed by atoms with Crippen LogP contribution in [0.2, 0.25) is 0 Å². The summed E-state index contributed by atoms with van der Waals surface area (Å²) in [6.07, 6.45) is 23.3. The van der Waals surface area contributed by atoms with Gasteiger partial charge in [-0.05, 0) is 62.8 Å². The van der Waals surface area contributed by atoms with Gasteiger partial charge in [0, 0.05) is 0 Å². The maximum absolute atomic E-state index is 11.8. The highest BCUT2D eigenvalue weighted by Crippen LogP contribution is 2.21. The lowest BCUT2D eigenvalue weighted by Crippen LogP contribution is -2.39. The molecule has 1 unspecified atom stereocenters. The number of rotatable bonds is 25. The summed E-state index contributed by atoms with van der Waals surface area (Å²) in [7, 11) is 0. The molecule has 1 rings (SSSR count). The first-order chi connectivity index (χ1) is 17.6. The van der Waals surface area contributed by atoms with Gasteiger partial charge >= 0.3 is 5.97 Å². The first-order valence-electron chi connectivity index (χ1n) is 15.3. The molecule has 2 atom stereocenters. The molecule has 0 heterocycles. The van der Waals surface area contributed by atoms with E-state index in [-0.39, 0.29) is 6.10 Å². The van der Waals surface area contributed by atoms with E-state index in [0.29, 0.717) is 6.42 Å². The standard InChI is InChI=1S/C32H57NO3/c1-4-7-10-13-15-18-21-29(20-17-12-9-6-3)36-30-24-22-28(23-25-30)27-31(32(34)35)33-26-19-16-14-11-8-5-2/h22-25,29,31,33H,4-21,26-27H2,1-3H3,(H,34,35)/t29?,31-/m0/s1. The fourth-order valence-corrected chi connectivity index (χ4v) is 4.77. The van der Waals surface area contributed by atoms with Crippen LogP contribution >= 0.6 is 0 Å². The minimum atomic E-state index is -0.771. The molecule has 4 heteroatoms. The molecule has 0 spiro atoms. The molecule has 0 aliphatic carbocycles. The van der Waals surface area contributed by atoms with Crippen molar-refractivity contribution in [1.29, 1.82) is 0 Å². The Morgan fingerprint density at radius 3 is 1.72 bits per heavy atom. The van der Waals surface area contributed by atoms with Gasteiger partial charge in [-0.15, -0.1) is 0 Å². The Bertz CT molecular complexity index is 631. The van der Waals surface area contributed by atoms with Crippen LogP contribution in [0.5, 0.6) is 5.75 Å². The van der Waals surface area contributed by atoms with Crippen molar-refractivity contribution < 1.29 is 14.6 Å². The van der Waals surface area contributed by atoms with Crippen molar-refractivity contribution in [2.24, 2.45) is 0 Å². The summed E-state index contributed by atoms with van der Waals surface area (Å²) < 4.78 is 6.42. The van der Waals surface area contributed by atoms with E-state index >= 15 is 0 Å². The molecule has 2 N–H and O–H groups in total. The van der Waals surface area contributed by atoms with Crippen LogP contribution in [0.1, 0.15) is 142 Å². The van der Waals surface area contributed by atoms with E-state index in [2.05, 4.69) is 26.1 Å². The van der Waals surface area contributed by atoms with Crippen LogP contribution in [0.3, 0.4) is 0 Å². The number of nitrogens with one attached hydrogen (secondary N) is 1. The Morgan fingerprint density at radius 1 is 0.722 bits per heavy atom. The van der Waals surface area contributed by atoms with E-state index in [9.17, 15) is 9.90 Å². The Hall–Kier alpha value is -1.55. The smallest absolute Gasteiger partial charge is 0.321 e. The van der Waals surface area contributed by atoms with E-state index < -0.39 is 12.0 Å². The van der Waals surface area contributed by atoms with Gasteiger partial charge in [0.2, 0.25) is 0 Å². The van der Waals surface area contributed by atoms with Gasteiger partial charge in [0.15, 0.2) is 0 Å². The Kier molecular flexibility index (Phi) is 20.4. The molecule has 0 fully saturated rings. The third kappa shape index (κ3) is 17.0. The predicted molar refractivity (Wildman–Crippen MR) is 154 cm³/mol. The van der Waals surface area contributed by atoms with E-state index in [1.807, 2.05) is 24.3 Å². The van der Waals surface area contributed by atoms with E-state index in [4.69, 9.17) is 4.74 Å². The van der Waals surface area contributed by atoms with Crippen LogP contribution in [0.15, 0.2) is 24.3 Å². The number of hydrogen-bond acceptors (Lipinski definition) is 3. The first kappa shape index (κ1) is 32.5. The van der Waals surface area contributed by atoms with Gasteiger partial charge in [0.25, 0.3) is 0 Å². The van der Waals surface area contributed by atoms with Gasteiger partial charge in [-0.25, -0.2) is 0 Å². The topological polar surface area (TPSA) is 58.6 Å². The van der Waals surface area contributed by atoms with Crippen molar-refractivity contribution in [3.8, 4) is 5.75 Å². The van der Waals surface area contributed by atoms with Crippen LogP contribution in [-0.2, 0) is 11.2 Å². The number of ether oxygens (including phenoxy) is 1. The molecular formula is C32H57NO3. The van der Waals surface area contributed by atoms with Crippen LogP contribution in [0.25, 0.3) is 0 Å². The molecule has 208 valence electrons. The number of carbonyl (C=O) groups is 1. The summed E-state index contributed by atoms with van der Waals surface area (Å²) in [5.74, 6) is 0.143. The summed E-state index contributed by atoms with van der Waals surface area (Å²) in [5.41, 5.74) is 1.04. The molecule has 36 heavy (non-hydrogen) atoms. The molecule has 0 saturated carbocycles. The fraction of sp³-hybridized carbons (Fsp3) is 0.781. The lowest BCUT2D eigenvalue weighted by Gasteiger charge is -2.20. The van der Waals surface area contributed by atoms with Crippen LogP contribution in [-0.4, -0.2) is 29.8 Å². The molecule has 0 saturated heterocycles. The highest BCUT2D eigenvalue weighted by Gasteiger charge is 2.17. The quantitative estimate of drug-likeness (QED) is 0.131. The van der Waals surface area contributed by atoms with Crippen molar-refractivity contribution in [2.75, 3.05) is 6.54 Å². The average molecular weight is 504 g/mol. The molecule has 0 radical (unpaired) electrons. The minimum Gasteiger partial charge on any atom is -0.490 e. The van der Waals surface area contributed by atoms with E-state index in [0.717, 1.165) is 37.1 Å². The van der Waals surface area contributed by atoms with Crippen molar-refractivity contribution in [2.45, 2.75) is 155 Å². The number of unbranched alkanes of at least 4 members (excludes halogenated alkanes) is 13. The molecule has 0 bridgehead atoms. The number of carboxylic acids is 1. The number of carboxylic acid groups (broad SMARTS) is 1. The summed E-state index contributed by atoms with van der Waals surface area (Å²) in [5, 5.41) is 12.9. The van der Waals surface area contributed by atoms with Gasteiger partial charge in [-0.1, -0.05) is 116 Å². The van der Waals surface area contributed by atoms with Gasteiger partial charge in [-0.2, -0.15) is 0 Å². The van der Waals surface area contributed by atoms with Crippen LogP contribution < -0.4 is 10.1 Å². The molecule has 0 amide bonds. The van der Waals surface area contributed by atoms with Crippen LogP contribution in [0, 0.1) is 0 Å². The van der Waals surface area contributed by atoms with E-state index in [1.165, 1.54) is 96.3 Å². The average Bonchev–Trinajstić information content (AvgIpc) is 2.88. The van der Waals surface area contributed by atoms with Crippen molar-refractivity contribution in [1.82, 2.24) is 5.32 Å². The fourth-order valence-electron chi connectivity index (χ4n) is 4.77. The largest absolute Gasteiger partial charge is 0.490 e. The lowest BCUT2D eigenvalue weighted by atomic mass is 10.0. The molecule has 0 aliphatic rings. The lowest BCUT2D eigenvalue weighted by molar-refractivity contribution is -0.139. The van der Waals surface area contributed by atoms with Gasteiger partial charge < -0.3 is 15.2 Å². The number of hydrogen-bond donors (Lipinski definition) is 2. The zero-order valence-electron chi connectivity index (χ0n) is 23.9. The molecule has 1 aromatic carbocycles. The summed E-state index contributed by atoms with van der Waals surface area (Å²) in [6.45, 7) is 7.51. The molecule has 1 aromatic rings. The highest BCUT2D eigenvalue weighted by molar-refractivity contribution is 5.73. The maximum atomic E-state index is 11.8. The summed E-state index contributed by atoms with van der Waals surface area (Å²) >= 11 is 0. The van der Waals surface area contributed by atoms with Gasteiger partial charge in [0.05, 0.1) is 6.10 Å². The maximum Gasteiger partial charge on any atom is 0.321 e. The van der Waals surface area contributed by atoms with Crippen molar-refractivity contribution in [3.63, 3.8) is 0 Å². The number of aliphatic carboxylic acids is 1. The molecule has 0 aliphatic heterocycles. The monoisotopic (exact) mass is 503 g/mol. The minimum absolute atomic E-state index is 0.282. The van der Waals surface area contributed by atoms with Crippen molar-refractivity contribution >= 4 is 5.97 Å². The molecule has 0 aromatic heterocycles. The summed E-state index contributed by atoms with van der Waals surface area (Å²) in [6, 6.07) is 7.60. The molecular weight excluding hydrogens is 446 g/mol. The second-order valence-corrected chi connectivity index (χ2v) is 10.6. The van der Waals surface area contributed by atoms with Gasteiger partial charge in [0.1, 0.15) is 11.8 Å². The third-order valence-electron chi connectivity index (χ3n) is 7.14. The third-order valence-corrected chi connectivity index (χ3v) is 7.14. The van der Waals surface area contributed by atoms with Gasteiger partial charge in [-0.3, -0.25) is 4.79 Å². The number of benzene rings is 1. The second kappa shape index (κ2) is 22.6. The van der Waals surface area contributed by atoms with E-state index in [1.54, 1.807) is 0 Å². The normalized spacial score (nSPS) is 13.0. The Morgan fingerprint density at radius 2 is 1.19 bits per heavy atom. The first-order valence-corrected chi connectivity index (χ1v) is 15.3. The molecule has 4 nitrogen and oxygen atoms in total. The van der Waals surface area contributed by atoms with Crippen molar-refractivity contribution in [3.05, 3.63) is 29.8 Å². The highest BCUT2D eigenvalue weighted by atomic mass is 16.5. The SMILES string of the molecule is CCCCCCCCN[C@@H](Cc1ccc(OC(CCCCCC)CCCCCCCC)cc1)C(=O)O. The van der Waals surface area contributed by atoms with Crippen LogP contribution in [0.4, 0.5) is 0 Å². The Balaban J connectivity index is 2.50. The summed E-state index contributed by atoms with van der Waals surface area (Å²) in [4.78, 5) is 11.8. The second-order valence-electron chi connectivity index (χ2n) is 10.6. The zero-order chi connectivity index (χ0) is 26.3. The zero-order valence-corrected chi connectivity index (χ0v) is 23.9. The Labute approximate surface area is 223 Å².